The number of thioether (sulfide) groups is 1. The van der Waals surface area contributed by atoms with Gasteiger partial charge in [-0.25, -0.2) is 0 Å². The highest BCUT2D eigenvalue weighted by Gasteiger charge is 2.23. The lowest BCUT2D eigenvalue weighted by atomic mass is 9.95. The molecule has 2 N–H and O–H groups in total. The fraction of sp³-hybridized carbons (Fsp3) is 0.917. The molecule has 0 spiro atoms. The average molecular weight is 281 g/mol. The van der Waals surface area contributed by atoms with Gasteiger partial charge in [-0.3, -0.25) is 4.79 Å². The first-order valence-corrected chi connectivity index (χ1v) is 7.01. The number of halogens is 1. The van der Waals surface area contributed by atoms with Gasteiger partial charge < -0.3 is 10.6 Å². The third kappa shape index (κ3) is 7.17. The minimum absolute atomic E-state index is 0. The second kappa shape index (κ2) is 7.49. The van der Waals surface area contributed by atoms with Crippen LogP contribution in [0.4, 0.5) is 0 Å². The molecule has 17 heavy (non-hydrogen) atoms. The largest absolute Gasteiger partial charge is 0.352 e. The zero-order valence-electron chi connectivity index (χ0n) is 11.2. The summed E-state index contributed by atoms with van der Waals surface area (Å²) in [5, 5.41) is 6.48. The molecule has 0 radical (unpaired) electrons. The number of nitrogens with one attached hydrogen (secondary N) is 2. The zero-order chi connectivity index (χ0) is 12.2. The molecule has 0 aromatic rings. The third-order valence-electron chi connectivity index (χ3n) is 2.77. The maximum absolute atomic E-state index is 11.8. The van der Waals surface area contributed by atoms with E-state index in [1.165, 1.54) is 0 Å². The number of carbonyl (C=O) groups excluding carboxylic acids is 1. The monoisotopic (exact) mass is 280 g/mol. The van der Waals surface area contributed by atoms with Crippen molar-refractivity contribution < 1.29 is 4.79 Å². The molecule has 0 bridgehead atoms. The van der Waals surface area contributed by atoms with E-state index in [4.69, 9.17) is 0 Å². The molecule has 1 amide bonds. The maximum atomic E-state index is 11.8. The lowest BCUT2D eigenvalue weighted by Crippen LogP contribution is -2.49. The summed E-state index contributed by atoms with van der Waals surface area (Å²) in [5.74, 6) is 1.29. The summed E-state index contributed by atoms with van der Waals surface area (Å²) in [6.07, 6.45) is 1.05. The van der Waals surface area contributed by atoms with E-state index >= 15 is 0 Å². The molecule has 5 heteroatoms. The smallest absolute Gasteiger partial charge is 0.230 e. The Kier molecular flexibility index (Phi) is 7.52. The lowest BCUT2D eigenvalue weighted by molar-refractivity contribution is -0.119. The van der Waals surface area contributed by atoms with Gasteiger partial charge in [-0.05, 0) is 25.4 Å². The molecule has 102 valence electrons. The number of carbonyl (C=O) groups is 1. The van der Waals surface area contributed by atoms with Gasteiger partial charge >= 0.3 is 0 Å². The Labute approximate surface area is 115 Å². The number of hydrogen-bond acceptors (Lipinski definition) is 3. The first-order chi connectivity index (χ1) is 7.38. The highest BCUT2D eigenvalue weighted by Crippen LogP contribution is 2.22. The number of piperidine rings is 1. The molecule has 0 aromatic heterocycles. The van der Waals surface area contributed by atoms with E-state index in [1.807, 2.05) is 0 Å². The minimum Gasteiger partial charge on any atom is -0.352 e. The van der Waals surface area contributed by atoms with Crippen molar-refractivity contribution in [3.63, 3.8) is 0 Å². The SMILES string of the molecule is CC1CNCCC1NC(=O)CSC(C)(C)C.Cl. The van der Waals surface area contributed by atoms with Crippen molar-refractivity contribution in [2.24, 2.45) is 5.92 Å². The molecule has 2 unspecified atom stereocenters. The van der Waals surface area contributed by atoms with Gasteiger partial charge in [0.1, 0.15) is 0 Å². The summed E-state index contributed by atoms with van der Waals surface area (Å²) in [4.78, 5) is 11.8. The Balaban J connectivity index is 0.00000256. The minimum atomic E-state index is 0. The molecular formula is C12H25ClN2OS. The van der Waals surface area contributed by atoms with Crippen LogP contribution in [0.25, 0.3) is 0 Å². The molecule has 1 heterocycles. The molecular weight excluding hydrogens is 256 g/mol. The quantitative estimate of drug-likeness (QED) is 0.831. The van der Waals surface area contributed by atoms with Gasteiger partial charge in [0.25, 0.3) is 0 Å². The van der Waals surface area contributed by atoms with Crippen LogP contribution >= 0.6 is 24.2 Å². The fourth-order valence-corrected chi connectivity index (χ4v) is 2.41. The van der Waals surface area contributed by atoms with Crippen molar-refractivity contribution in [1.82, 2.24) is 10.6 Å². The second-order valence-corrected chi connectivity index (χ2v) is 7.35. The van der Waals surface area contributed by atoms with Gasteiger partial charge in [0.05, 0.1) is 5.75 Å². The highest BCUT2D eigenvalue weighted by atomic mass is 35.5. The van der Waals surface area contributed by atoms with E-state index in [0.717, 1.165) is 19.5 Å². The molecule has 1 rings (SSSR count). The third-order valence-corrected chi connectivity index (χ3v) is 4.04. The Bertz CT molecular complexity index is 243. The van der Waals surface area contributed by atoms with Crippen LogP contribution in [0.15, 0.2) is 0 Å². The van der Waals surface area contributed by atoms with E-state index in [9.17, 15) is 4.79 Å². The van der Waals surface area contributed by atoms with Gasteiger partial charge in [-0.2, -0.15) is 0 Å². The molecule has 1 saturated heterocycles. The van der Waals surface area contributed by atoms with E-state index in [0.29, 0.717) is 17.7 Å². The lowest BCUT2D eigenvalue weighted by Gasteiger charge is -2.30. The van der Waals surface area contributed by atoms with Crippen molar-refractivity contribution in [3.8, 4) is 0 Å². The van der Waals surface area contributed by atoms with Crippen molar-refractivity contribution in [1.29, 1.82) is 0 Å². The number of rotatable bonds is 3. The Morgan fingerprint density at radius 3 is 2.65 bits per heavy atom. The number of hydrogen-bond donors (Lipinski definition) is 2. The zero-order valence-corrected chi connectivity index (χ0v) is 12.8. The van der Waals surface area contributed by atoms with Crippen LogP contribution in [0.1, 0.15) is 34.1 Å². The average Bonchev–Trinajstić information content (AvgIpc) is 2.18. The highest BCUT2D eigenvalue weighted by molar-refractivity contribution is 8.01. The molecule has 1 aliphatic heterocycles. The van der Waals surface area contributed by atoms with E-state index in [2.05, 4.69) is 38.3 Å². The van der Waals surface area contributed by atoms with Crippen LogP contribution in [-0.4, -0.2) is 35.5 Å². The summed E-state index contributed by atoms with van der Waals surface area (Å²) in [5.41, 5.74) is 0. The predicted octanol–water partition coefficient (Wildman–Crippen LogP) is 2.05. The van der Waals surface area contributed by atoms with Gasteiger partial charge in [0.15, 0.2) is 0 Å². The van der Waals surface area contributed by atoms with Crippen molar-refractivity contribution in [2.45, 2.75) is 44.9 Å². The molecule has 1 aliphatic rings. The predicted molar refractivity (Wildman–Crippen MR) is 78.0 cm³/mol. The van der Waals surface area contributed by atoms with Crippen molar-refractivity contribution >= 4 is 30.1 Å². The first-order valence-electron chi connectivity index (χ1n) is 6.02. The van der Waals surface area contributed by atoms with Crippen molar-refractivity contribution in [3.05, 3.63) is 0 Å². The van der Waals surface area contributed by atoms with Crippen LogP contribution in [-0.2, 0) is 4.79 Å². The van der Waals surface area contributed by atoms with Gasteiger partial charge in [0.2, 0.25) is 5.91 Å². The molecule has 2 atom stereocenters. The summed E-state index contributed by atoms with van der Waals surface area (Å²) >= 11 is 1.70. The Morgan fingerprint density at radius 1 is 1.47 bits per heavy atom. The Hall–Kier alpha value is 0.0700. The molecule has 0 saturated carbocycles. The molecule has 1 fully saturated rings. The van der Waals surface area contributed by atoms with Crippen LogP contribution < -0.4 is 10.6 Å². The van der Waals surface area contributed by atoms with E-state index < -0.39 is 0 Å². The van der Waals surface area contributed by atoms with Gasteiger partial charge in [-0.15, -0.1) is 24.2 Å². The normalized spacial score (nSPS) is 24.9. The number of amides is 1. The van der Waals surface area contributed by atoms with E-state index in [-0.39, 0.29) is 23.1 Å². The van der Waals surface area contributed by atoms with E-state index in [1.54, 1.807) is 11.8 Å². The van der Waals surface area contributed by atoms with Crippen molar-refractivity contribution in [2.75, 3.05) is 18.8 Å². The summed E-state index contributed by atoms with van der Waals surface area (Å²) in [6.45, 7) is 10.6. The van der Waals surface area contributed by atoms with Crippen LogP contribution in [0.5, 0.6) is 0 Å². The second-order valence-electron chi connectivity index (χ2n) is 5.55. The van der Waals surface area contributed by atoms with Gasteiger partial charge in [-0.1, -0.05) is 27.7 Å². The topological polar surface area (TPSA) is 41.1 Å². The summed E-state index contributed by atoms with van der Waals surface area (Å²) in [6, 6.07) is 0.356. The standard InChI is InChI=1S/C12H24N2OS.ClH/c1-9-7-13-6-5-10(9)14-11(15)8-16-12(2,3)4;/h9-10,13H,5-8H2,1-4H3,(H,14,15);1H. The maximum Gasteiger partial charge on any atom is 0.230 e. The molecule has 3 nitrogen and oxygen atoms in total. The van der Waals surface area contributed by atoms with Gasteiger partial charge in [0, 0.05) is 10.8 Å². The van der Waals surface area contributed by atoms with Crippen LogP contribution in [0, 0.1) is 5.92 Å². The summed E-state index contributed by atoms with van der Waals surface area (Å²) < 4.78 is 0.164. The molecule has 0 aliphatic carbocycles. The first kappa shape index (κ1) is 17.1. The van der Waals surface area contributed by atoms with Crippen LogP contribution in [0.3, 0.4) is 0 Å². The molecule has 0 aromatic carbocycles. The fourth-order valence-electron chi connectivity index (χ4n) is 1.76. The summed E-state index contributed by atoms with van der Waals surface area (Å²) in [7, 11) is 0. The van der Waals surface area contributed by atoms with Crippen LogP contribution in [0.2, 0.25) is 0 Å². The Morgan fingerprint density at radius 2 is 2.12 bits per heavy atom.